The summed E-state index contributed by atoms with van der Waals surface area (Å²) in [7, 11) is 0. The molecule has 43 heavy (non-hydrogen) atoms. The van der Waals surface area contributed by atoms with Gasteiger partial charge in [-0.1, -0.05) is 23.7 Å². The van der Waals surface area contributed by atoms with Crippen molar-refractivity contribution in [2.45, 2.75) is 52.0 Å². The summed E-state index contributed by atoms with van der Waals surface area (Å²) in [6.07, 6.45) is 1.45. The van der Waals surface area contributed by atoms with Crippen LogP contribution < -0.4 is 14.8 Å². The number of aromatic nitrogens is 1. The first-order chi connectivity index (χ1) is 20.7. The number of ether oxygens (including phenoxy) is 3. The molecule has 226 valence electrons. The molecule has 10 nitrogen and oxygen atoms in total. The Morgan fingerprint density at radius 2 is 1.98 bits per heavy atom. The van der Waals surface area contributed by atoms with E-state index < -0.39 is 6.04 Å². The molecule has 3 aromatic rings. The molecule has 0 unspecified atom stereocenters. The summed E-state index contributed by atoms with van der Waals surface area (Å²) in [4.78, 5) is 47.5. The number of piperidine rings is 1. The highest BCUT2D eigenvalue weighted by Crippen LogP contribution is 2.30. The van der Waals surface area contributed by atoms with Gasteiger partial charge >= 0.3 is 0 Å². The largest absolute Gasteiger partial charge is 0.491 e. The van der Waals surface area contributed by atoms with Crippen LogP contribution in [-0.2, 0) is 16.1 Å². The van der Waals surface area contributed by atoms with E-state index in [1.165, 1.54) is 11.1 Å². The van der Waals surface area contributed by atoms with Gasteiger partial charge in [0.1, 0.15) is 22.9 Å². The number of likely N-dealkylation sites (N-methyl/N-ethyl adjacent to an activating group) is 1. The maximum Gasteiger partial charge on any atom is 0.272 e. The van der Waals surface area contributed by atoms with Crippen LogP contribution in [0, 0.1) is 0 Å². The number of hydrogen-bond donors (Lipinski definition) is 1. The van der Waals surface area contributed by atoms with Crippen molar-refractivity contribution in [2.24, 2.45) is 0 Å². The van der Waals surface area contributed by atoms with Gasteiger partial charge in [-0.05, 0) is 69.2 Å². The number of halogens is 1. The highest BCUT2D eigenvalue weighted by molar-refractivity contribution is 6.30. The number of pyridine rings is 1. The minimum Gasteiger partial charge on any atom is -0.491 e. The van der Waals surface area contributed by atoms with E-state index in [2.05, 4.69) is 10.3 Å². The fourth-order valence-corrected chi connectivity index (χ4v) is 5.30. The van der Waals surface area contributed by atoms with Gasteiger partial charge in [0, 0.05) is 37.5 Å². The van der Waals surface area contributed by atoms with Gasteiger partial charge in [0.15, 0.2) is 0 Å². The predicted molar refractivity (Wildman–Crippen MR) is 161 cm³/mol. The van der Waals surface area contributed by atoms with Crippen molar-refractivity contribution in [3.05, 3.63) is 82.6 Å². The number of rotatable bonds is 4. The fraction of sp³-hybridized carbons (Fsp3) is 0.375. The third-order valence-corrected chi connectivity index (χ3v) is 7.45. The molecule has 0 radical (unpaired) electrons. The van der Waals surface area contributed by atoms with Gasteiger partial charge in [0.2, 0.25) is 5.91 Å². The van der Waals surface area contributed by atoms with Gasteiger partial charge in [-0.25, -0.2) is 4.98 Å². The Hall–Kier alpha value is -4.15. The summed E-state index contributed by atoms with van der Waals surface area (Å²) in [6, 6.07) is 15.3. The number of amides is 3. The fourth-order valence-electron chi connectivity index (χ4n) is 5.19. The molecule has 0 spiro atoms. The second-order valence-electron chi connectivity index (χ2n) is 10.9. The molecule has 2 aromatic carbocycles. The molecule has 0 saturated carbocycles. The van der Waals surface area contributed by atoms with E-state index in [0.717, 1.165) is 5.56 Å². The van der Waals surface area contributed by atoms with Crippen LogP contribution in [0.2, 0.25) is 5.02 Å². The highest BCUT2D eigenvalue weighted by atomic mass is 35.5. The Labute approximate surface area is 255 Å². The molecule has 3 amide bonds. The van der Waals surface area contributed by atoms with E-state index in [1.807, 2.05) is 45.0 Å². The quantitative estimate of drug-likeness (QED) is 0.458. The molecule has 0 aliphatic carbocycles. The Morgan fingerprint density at radius 3 is 2.72 bits per heavy atom. The molecule has 2 aliphatic heterocycles. The lowest BCUT2D eigenvalue weighted by atomic mass is 10.0. The number of benzene rings is 2. The van der Waals surface area contributed by atoms with Crippen molar-refractivity contribution in [1.82, 2.24) is 20.1 Å². The zero-order valence-electron chi connectivity index (χ0n) is 24.4. The van der Waals surface area contributed by atoms with Crippen LogP contribution in [-0.4, -0.2) is 76.9 Å². The summed E-state index contributed by atoms with van der Waals surface area (Å²) in [5.74, 6) is 0.571. The minimum atomic E-state index is -0.506. The van der Waals surface area contributed by atoms with Crippen molar-refractivity contribution in [3.63, 3.8) is 0 Å². The topological polar surface area (TPSA) is 110 Å². The molecule has 2 atom stereocenters. The number of carbonyl (C=O) groups is 3. The molecule has 5 rings (SSSR count). The Balaban J connectivity index is 1.44. The van der Waals surface area contributed by atoms with E-state index in [-0.39, 0.29) is 55.3 Å². The molecule has 1 fully saturated rings. The second kappa shape index (κ2) is 13.4. The standard InChI is InChI=1S/C32H35ClN4O6/c1-4-36-18-30(38)35-28-17-37(32(40)27-9-8-23(33)16-34-27)11-10-29(28)41-19-21-6-5-7-24(12-21)43-26-14-22(31(36)39)13-25(15-26)42-20(2)3/h5-9,12-16,20,28-29H,4,10-11,17-19H2,1-3H3,(H,35,38)/t28-,29-/m0/s1. The third-order valence-electron chi connectivity index (χ3n) is 7.23. The number of carbonyl (C=O) groups excluding carboxylic acids is 3. The van der Waals surface area contributed by atoms with E-state index in [1.54, 1.807) is 35.2 Å². The van der Waals surface area contributed by atoms with Crippen molar-refractivity contribution in [1.29, 1.82) is 0 Å². The van der Waals surface area contributed by atoms with Crippen molar-refractivity contribution < 1.29 is 28.6 Å². The molecule has 4 bridgehead atoms. The Kier molecular flexibility index (Phi) is 9.47. The molecule has 1 N–H and O–H groups in total. The molecular weight excluding hydrogens is 572 g/mol. The van der Waals surface area contributed by atoms with Gasteiger partial charge in [-0.15, -0.1) is 0 Å². The maximum absolute atomic E-state index is 13.6. The maximum atomic E-state index is 13.6. The predicted octanol–water partition coefficient (Wildman–Crippen LogP) is 4.71. The monoisotopic (exact) mass is 606 g/mol. The summed E-state index contributed by atoms with van der Waals surface area (Å²) in [5, 5.41) is 3.48. The van der Waals surface area contributed by atoms with Gasteiger partial charge in [-0.2, -0.15) is 0 Å². The molecule has 1 saturated heterocycles. The summed E-state index contributed by atoms with van der Waals surface area (Å²) < 4.78 is 18.4. The summed E-state index contributed by atoms with van der Waals surface area (Å²) >= 11 is 5.95. The third kappa shape index (κ3) is 7.63. The van der Waals surface area contributed by atoms with Crippen molar-refractivity contribution in [2.75, 3.05) is 26.2 Å². The number of hydrogen-bond acceptors (Lipinski definition) is 7. The van der Waals surface area contributed by atoms with Crippen LogP contribution in [0.15, 0.2) is 60.8 Å². The zero-order valence-corrected chi connectivity index (χ0v) is 25.2. The molecule has 11 heteroatoms. The van der Waals surface area contributed by atoms with Gasteiger partial charge < -0.3 is 29.3 Å². The summed E-state index contributed by atoms with van der Waals surface area (Å²) in [6.45, 7) is 6.68. The number of fused-ring (bicyclic) bond motifs is 5. The summed E-state index contributed by atoms with van der Waals surface area (Å²) in [5.41, 5.74) is 1.49. The van der Waals surface area contributed by atoms with Crippen LogP contribution in [0.1, 0.15) is 53.6 Å². The number of nitrogens with zero attached hydrogens (tertiary/aromatic N) is 3. The van der Waals surface area contributed by atoms with Crippen LogP contribution in [0.5, 0.6) is 17.2 Å². The first kappa shape index (κ1) is 30.3. The molecule has 3 heterocycles. The van der Waals surface area contributed by atoms with Gasteiger partial charge in [0.05, 0.1) is 36.4 Å². The second-order valence-corrected chi connectivity index (χ2v) is 11.3. The Bertz CT molecular complexity index is 1480. The van der Waals surface area contributed by atoms with E-state index in [4.69, 9.17) is 25.8 Å². The smallest absolute Gasteiger partial charge is 0.272 e. The SMILES string of the molecule is CCN1CC(=O)N[C@H]2CN(C(=O)c3ccc(Cl)cn3)CC[C@@H]2OCc2cccc(c2)Oc2cc(OC(C)C)cc(c2)C1=O. The Morgan fingerprint density at radius 1 is 1.14 bits per heavy atom. The van der Waals surface area contributed by atoms with Crippen molar-refractivity contribution in [3.8, 4) is 17.2 Å². The molecule has 2 aliphatic rings. The highest BCUT2D eigenvalue weighted by Gasteiger charge is 2.34. The first-order valence-corrected chi connectivity index (χ1v) is 14.8. The van der Waals surface area contributed by atoms with E-state index in [0.29, 0.717) is 47.3 Å². The van der Waals surface area contributed by atoms with Gasteiger partial charge in [-0.3, -0.25) is 14.4 Å². The number of likely N-dealkylation sites (tertiary alicyclic amines) is 1. The van der Waals surface area contributed by atoms with Crippen LogP contribution >= 0.6 is 11.6 Å². The van der Waals surface area contributed by atoms with E-state index in [9.17, 15) is 14.4 Å². The molecule has 1 aromatic heterocycles. The zero-order chi connectivity index (χ0) is 30.5. The average Bonchev–Trinajstić information content (AvgIpc) is 2.98. The minimum absolute atomic E-state index is 0.116. The lowest BCUT2D eigenvalue weighted by molar-refractivity contribution is -0.124. The lowest BCUT2D eigenvalue weighted by Crippen LogP contribution is -2.58. The molecular formula is C32H35ClN4O6. The van der Waals surface area contributed by atoms with Crippen LogP contribution in [0.25, 0.3) is 0 Å². The average molecular weight is 607 g/mol. The van der Waals surface area contributed by atoms with E-state index >= 15 is 0 Å². The normalized spacial score (nSPS) is 19.4. The lowest BCUT2D eigenvalue weighted by Gasteiger charge is -2.39. The van der Waals surface area contributed by atoms with Gasteiger partial charge in [0.25, 0.3) is 11.8 Å². The van der Waals surface area contributed by atoms with Crippen LogP contribution in [0.3, 0.4) is 0 Å². The van der Waals surface area contributed by atoms with Crippen LogP contribution in [0.4, 0.5) is 0 Å². The number of nitrogens with one attached hydrogen (secondary N) is 1. The first-order valence-electron chi connectivity index (χ1n) is 14.4. The van der Waals surface area contributed by atoms with Crippen molar-refractivity contribution >= 4 is 29.3 Å².